The Hall–Kier alpha value is 3.73. The second kappa shape index (κ2) is 15.9. The predicted octanol–water partition coefficient (Wildman–Crippen LogP) is -3.66. The topological polar surface area (TPSA) is 0 Å². The molecule has 0 unspecified atom stereocenters. The molecule has 0 aliphatic rings. The van der Waals surface area contributed by atoms with E-state index in [2.05, 4.69) is 0 Å². The van der Waals surface area contributed by atoms with Crippen LogP contribution in [0.5, 0.6) is 0 Å². The van der Waals surface area contributed by atoms with Crippen molar-refractivity contribution in [1.82, 2.24) is 0 Å². The van der Waals surface area contributed by atoms with Crippen LogP contribution in [0.3, 0.4) is 0 Å². The quantitative estimate of drug-likeness (QED) is 0.291. The van der Waals surface area contributed by atoms with Crippen LogP contribution < -0.4 is 0 Å². The molecule has 0 heterocycles. The summed E-state index contributed by atoms with van der Waals surface area (Å²) in [5.74, 6) is 0. The zero-order valence-corrected chi connectivity index (χ0v) is 0. The van der Waals surface area contributed by atoms with Gasteiger partial charge < -0.3 is 0 Å². The van der Waals surface area contributed by atoms with Crippen molar-refractivity contribution in [3.05, 3.63) is 0 Å². The van der Waals surface area contributed by atoms with E-state index in [4.69, 9.17) is 0 Å². The fourth-order valence-corrected chi connectivity index (χ4v) is 0. The molecule has 4 heavy (non-hydrogen) atoms. The first-order valence-corrected chi connectivity index (χ1v) is 0. The Bertz CT molecular complexity index is 8.00. The molecule has 0 aromatic heterocycles. The number of hydrogen-bond donors (Lipinski definition) is 0. The first kappa shape index (κ1) is 25.2. The minimum absolute atomic E-state index is 0. The molecule has 0 saturated heterocycles. The van der Waals surface area contributed by atoms with Gasteiger partial charge in [-0.3, -0.25) is 0 Å². The van der Waals surface area contributed by atoms with Crippen LogP contribution in [0.15, 0.2) is 0 Å². The van der Waals surface area contributed by atoms with Crippen LogP contribution in [0.25, 0.3) is 0 Å². The summed E-state index contributed by atoms with van der Waals surface area (Å²) in [7, 11) is 0. The normalized spacial score (nSPS) is 0. The van der Waals surface area contributed by atoms with Crippen molar-refractivity contribution >= 4 is 121 Å². The molecule has 0 aliphatic carbocycles. The second-order valence-corrected chi connectivity index (χ2v) is 0. The SMILES string of the molecule is B.[CaH2].[KH].[MgH2]. The van der Waals surface area contributed by atoms with E-state index in [1.54, 1.807) is 0 Å². The first-order chi connectivity index (χ1) is 0. The maximum absolute atomic E-state index is 0. The maximum atomic E-state index is 0. The summed E-state index contributed by atoms with van der Waals surface area (Å²) in [5.41, 5.74) is 0. The van der Waals surface area contributed by atoms with Gasteiger partial charge in [0.25, 0.3) is 0 Å². The molecule has 0 aromatic carbocycles. The van der Waals surface area contributed by atoms with Crippen LogP contribution in [0.4, 0.5) is 0 Å². The Balaban J connectivity index is 0. The molecule has 0 radical (unpaired) electrons. The van der Waals surface area contributed by atoms with Gasteiger partial charge in [-0.05, 0) is 0 Å². The van der Waals surface area contributed by atoms with E-state index in [0.29, 0.717) is 0 Å². The summed E-state index contributed by atoms with van der Waals surface area (Å²) in [6, 6.07) is 0. The van der Waals surface area contributed by atoms with Crippen LogP contribution in [-0.4, -0.2) is 121 Å². The molecule has 0 fully saturated rings. The van der Waals surface area contributed by atoms with Crippen molar-refractivity contribution in [2.24, 2.45) is 0 Å². The summed E-state index contributed by atoms with van der Waals surface area (Å²) in [6.45, 7) is 0. The van der Waals surface area contributed by atoms with Crippen molar-refractivity contribution in [3.8, 4) is 0 Å². The van der Waals surface area contributed by atoms with Gasteiger partial charge in [0.2, 0.25) is 0 Å². The van der Waals surface area contributed by atoms with Crippen LogP contribution in [-0.2, 0) is 0 Å². The van der Waals surface area contributed by atoms with Gasteiger partial charge in [-0.2, -0.15) is 0 Å². The van der Waals surface area contributed by atoms with Crippen LogP contribution in [0.1, 0.15) is 0 Å². The van der Waals surface area contributed by atoms with Crippen molar-refractivity contribution in [3.63, 3.8) is 0 Å². The number of hydrogen-bond acceptors (Lipinski definition) is 0. The molecule has 0 aliphatic heterocycles. The van der Waals surface area contributed by atoms with E-state index in [1.807, 2.05) is 0 Å². The minimum Gasteiger partial charge on any atom is 0.316 e. The molecule has 0 nitrogen and oxygen atoms in total. The fraction of sp³-hybridized carbons (Fsp3) is 0. The van der Waals surface area contributed by atoms with Gasteiger partial charge in [0.15, 0.2) is 0 Å². The van der Waals surface area contributed by atoms with E-state index in [1.165, 1.54) is 0 Å². The Morgan fingerprint density at radius 3 is 1.00 bits per heavy atom. The van der Waals surface area contributed by atoms with E-state index < -0.39 is 0 Å². The molecule has 0 bridgehead atoms. The monoisotopic (exact) mass is 122 g/mol. The average molecular weight is 122 g/mol. The summed E-state index contributed by atoms with van der Waals surface area (Å²) >= 11 is 0. The molecule has 0 spiro atoms. The summed E-state index contributed by atoms with van der Waals surface area (Å²) in [5, 5.41) is 0. The molecule has 0 amide bonds. The van der Waals surface area contributed by atoms with E-state index in [-0.39, 0.29) is 121 Å². The summed E-state index contributed by atoms with van der Waals surface area (Å²) in [6.07, 6.45) is 0. The van der Waals surface area contributed by atoms with Gasteiger partial charge in [-0.25, -0.2) is 0 Å². The van der Waals surface area contributed by atoms with Gasteiger partial charge >= 0.3 is 112 Å². The van der Waals surface area contributed by atoms with Gasteiger partial charge in [0.05, 0.1) is 8.41 Å². The average Bonchev–Trinajstić information content (AvgIpc) is 0. The molecule has 16 valence electrons. The predicted molar refractivity (Wildman–Crippen MR) is 34.2 cm³/mol. The zero-order valence-electron chi connectivity index (χ0n) is 0. The van der Waals surface area contributed by atoms with Crippen LogP contribution >= 0.6 is 0 Å². The molecule has 0 aromatic rings. The van der Waals surface area contributed by atoms with Crippen molar-refractivity contribution in [2.75, 3.05) is 0 Å². The molecular weight excluding hydrogens is 114 g/mol. The molecule has 0 atom stereocenters. The Kier molecular flexibility index (Phi) is 100.0. The fourth-order valence-electron chi connectivity index (χ4n) is 0. The van der Waals surface area contributed by atoms with Crippen molar-refractivity contribution < 1.29 is 0 Å². The summed E-state index contributed by atoms with van der Waals surface area (Å²) in [4.78, 5) is 0. The molecular formula is H8BCaKMg. The summed E-state index contributed by atoms with van der Waals surface area (Å²) < 4.78 is 0. The Morgan fingerprint density at radius 1 is 1.00 bits per heavy atom. The molecule has 0 N–H and O–H groups in total. The van der Waals surface area contributed by atoms with E-state index in [0.717, 1.165) is 0 Å². The first-order valence-electron chi connectivity index (χ1n) is 0. The number of rotatable bonds is 0. The molecule has 4 heteroatoms. The molecule has 0 rings (SSSR count). The Labute approximate surface area is 117 Å². The third-order valence-corrected chi connectivity index (χ3v) is 0. The van der Waals surface area contributed by atoms with Gasteiger partial charge in [-0.1, -0.05) is 0 Å². The van der Waals surface area contributed by atoms with Gasteiger partial charge in [0.1, 0.15) is 0 Å². The Morgan fingerprint density at radius 2 is 1.00 bits per heavy atom. The largest absolute Gasteiger partial charge is 0.316 e. The van der Waals surface area contributed by atoms with E-state index >= 15 is 0 Å². The maximum Gasteiger partial charge on any atom is 0.316 e. The standard InChI is InChI=1S/BH3.Ca.K.Mg.5H/h1H3;;;;;;;;. The third kappa shape index (κ3) is 9.21. The van der Waals surface area contributed by atoms with Gasteiger partial charge in [-0.15, -0.1) is 0 Å². The van der Waals surface area contributed by atoms with E-state index in [9.17, 15) is 0 Å². The van der Waals surface area contributed by atoms with Crippen molar-refractivity contribution in [2.45, 2.75) is 0 Å². The third-order valence-electron chi connectivity index (χ3n) is 0. The molecule has 0 saturated carbocycles. The smallest absolute Gasteiger partial charge is 0.316 e. The van der Waals surface area contributed by atoms with Gasteiger partial charge in [0, 0.05) is 0 Å². The van der Waals surface area contributed by atoms with Crippen LogP contribution in [0.2, 0.25) is 0 Å². The zero-order chi connectivity index (χ0) is 0. The second-order valence-electron chi connectivity index (χ2n) is 0. The van der Waals surface area contributed by atoms with Crippen LogP contribution in [0, 0.1) is 0 Å². The minimum atomic E-state index is 0. The van der Waals surface area contributed by atoms with Crippen molar-refractivity contribution in [1.29, 1.82) is 0 Å².